The van der Waals surface area contributed by atoms with E-state index in [0.717, 1.165) is 223 Å². The first-order chi connectivity index (χ1) is 66.1. The Hall–Kier alpha value is -10.1. The number of nitrogen functional groups attached to an aromatic ring is 7. The summed E-state index contributed by atoms with van der Waals surface area (Å²) < 4.78 is 46.8. The van der Waals surface area contributed by atoms with Gasteiger partial charge in [0.05, 0.1) is 72.2 Å². The number of likely N-dealkylation sites (tertiary alicyclic amines) is 3. The zero-order valence-electron chi connectivity index (χ0n) is 80.8. The third-order valence-corrected chi connectivity index (χ3v) is 31.4. The quantitative estimate of drug-likeness (QED) is 0.0142. The first-order valence-corrected chi connectivity index (χ1v) is 53.1. The highest BCUT2D eigenvalue weighted by atomic mass is 32.2. The van der Waals surface area contributed by atoms with E-state index in [4.69, 9.17) is 98.0 Å². The van der Waals surface area contributed by atoms with Crippen LogP contribution in [0.3, 0.4) is 0 Å². The fourth-order valence-corrected chi connectivity index (χ4v) is 24.4. The van der Waals surface area contributed by atoms with Crippen LogP contribution >= 0.6 is 92.4 Å². The number of likely N-dealkylation sites (N-methyl/N-ethyl adjacent to an activating group) is 1. The predicted octanol–water partition coefficient (Wildman–Crippen LogP) is 18.7. The number of piperidine rings is 3. The second kappa shape index (κ2) is 51.2. The summed E-state index contributed by atoms with van der Waals surface area (Å²) in [4.78, 5) is 71.2. The minimum absolute atomic E-state index is 0.0405. The maximum atomic E-state index is 6.16. The second-order valence-electron chi connectivity index (χ2n) is 33.8. The van der Waals surface area contributed by atoms with E-state index >= 15 is 0 Å². The molecule has 12 heterocycles. The predicted molar refractivity (Wildman–Crippen MR) is 563 cm³/mol. The number of nitrogens with two attached hydrogens (primary N) is 7. The first kappa shape index (κ1) is 104. The summed E-state index contributed by atoms with van der Waals surface area (Å²) in [5.41, 5.74) is 49.7. The van der Waals surface area contributed by atoms with Crippen molar-refractivity contribution in [3.63, 3.8) is 0 Å². The van der Waals surface area contributed by atoms with Crippen molar-refractivity contribution in [3.05, 3.63) is 145 Å². The van der Waals surface area contributed by atoms with E-state index in [1.54, 1.807) is 110 Å². The van der Waals surface area contributed by atoms with Gasteiger partial charge in [0.2, 0.25) is 0 Å². The van der Waals surface area contributed by atoms with E-state index in [1.807, 2.05) is 79.7 Å². The Morgan fingerprint density at radius 3 is 0.745 bits per heavy atom. The number of hydrogen-bond acceptors (Lipinski definition) is 40. The van der Waals surface area contributed by atoms with Crippen molar-refractivity contribution in [2.24, 2.45) is 0 Å². The molecule has 0 bridgehead atoms. The van der Waals surface area contributed by atoms with Crippen molar-refractivity contribution < 1.29 is 37.9 Å². The van der Waals surface area contributed by atoms with Crippen LogP contribution < -0.4 is 78.0 Å². The number of thioether (sulfide) groups is 4. The molecule has 4 aliphatic rings. The summed E-state index contributed by atoms with van der Waals surface area (Å²) in [6, 6.07) is 30.5. The largest absolute Gasteiger partial charge is 0.493 e. The Kier molecular flexibility index (Phi) is 39.0. The van der Waals surface area contributed by atoms with Gasteiger partial charge in [-0.3, -0.25) is 19.6 Å². The molecule has 137 heavy (non-hydrogen) atoms. The number of nitrogens with zero attached hydrogens (tertiary/aromatic N) is 17. The molecule has 4 saturated heterocycles. The van der Waals surface area contributed by atoms with Crippen LogP contribution in [0.4, 0.5) is 40.7 Å². The van der Waals surface area contributed by atoms with Gasteiger partial charge in [0.1, 0.15) is 87.2 Å². The van der Waals surface area contributed by atoms with Crippen molar-refractivity contribution in [1.29, 1.82) is 0 Å². The molecule has 734 valence electrons. The lowest BCUT2D eigenvalue weighted by Crippen LogP contribution is -2.45. The summed E-state index contributed by atoms with van der Waals surface area (Å²) in [5, 5.41) is 6.33. The van der Waals surface area contributed by atoms with Crippen LogP contribution in [-0.2, 0) is 0 Å². The fourth-order valence-electron chi connectivity index (χ4n) is 16.1. The van der Waals surface area contributed by atoms with E-state index in [2.05, 4.69) is 127 Å². The van der Waals surface area contributed by atoms with Gasteiger partial charge in [-0.15, -0.1) is 45.3 Å². The molecule has 4 aliphatic heterocycles. The molecule has 0 saturated carbocycles. The molecular weight excluding hydrogens is 1890 g/mol. The number of rotatable bonds is 36. The van der Waals surface area contributed by atoms with Crippen molar-refractivity contribution in [2.45, 2.75) is 162 Å². The van der Waals surface area contributed by atoms with Gasteiger partial charge in [0.15, 0.2) is 66.6 Å². The monoisotopic (exact) mass is 2010 g/mol. The van der Waals surface area contributed by atoms with Crippen LogP contribution in [0.2, 0.25) is 0 Å². The highest BCUT2D eigenvalue weighted by Crippen LogP contribution is 2.47. The van der Waals surface area contributed by atoms with Crippen LogP contribution in [0.25, 0.3) is 42.3 Å². The molecule has 0 amide bonds. The van der Waals surface area contributed by atoms with Gasteiger partial charge in [0.25, 0.3) is 0 Å². The molecule has 16 rings (SSSR count). The van der Waals surface area contributed by atoms with Gasteiger partial charge >= 0.3 is 0 Å². The topological polar surface area (TPSA) is 427 Å². The molecule has 8 aromatic heterocycles. The maximum Gasteiger partial charge on any atom is 0.192 e. The zero-order chi connectivity index (χ0) is 97.2. The van der Waals surface area contributed by atoms with Crippen molar-refractivity contribution in [2.75, 3.05) is 194 Å². The van der Waals surface area contributed by atoms with Crippen LogP contribution in [0, 0.1) is 34.6 Å². The van der Waals surface area contributed by atoms with Gasteiger partial charge in [-0.2, -0.15) is 0 Å². The number of thiazole rings is 4. The number of piperazine rings is 1. The van der Waals surface area contributed by atoms with Crippen LogP contribution in [0.1, 0.15) is 154 Å². The lowest BCUT2D eigenvalue weighted by Gasteiger charge is -2.32. The molecule has 14 N–H and O–H groups in total. The molecule has 0 unspecified atom stereocenters. The standard InChI is InChI=1S/C25H33N5O2S2.C24H33N7O2S2.2C24H32N6O2S2/c1-16-14-22(26)28-25(27-16)34-18(3)23-17(2)33-24(29-23)19-8-9-20(31-4)21(15-19)32-13-12-30-10-6-5-7-11-30;1-15-22(16(2)35-24-27-20(25)14-21(26)28-24)29-23(34-15)17-5-6-18(32-4)19(13-17)33-12-11-31-9-7-30(3)8-10-31;2*1-15-22(16(2)34-24-27-20(25)14-21(26)28-24)29-23(33-15)17-7-8-18(31-3)19(13-17)32-12-11-30-9-5-4-6-10-30/h8-9,14-15,18H,5-7,10-13H2,1-4H3,(H2,26,27,28);5-6,13-14,16H,7-12H2,1-4H3,(H4,25,26,27,28);2*7-8,13-14,16H,4-6,9-12H2,1-3H3,(H4,25,26,27,28)/t18-;3*16-/m0000/s1. The second-order valence-corrected chi connectivity index (χ2v) is 43.9. The van der Waals surface area contributed by atoms with E-state index in [-0.39, 0.29) is 21.0 Å². The average Bonchev–Trinajstić information content (AvgIpc) is 1.69. The third kappa shape index (κ3) is 30.5. The van der Waals surface area contributed by atoms with Crippen LogP contribution in [-0.4, -0.2) is 238 Å². The molecule has 0 radical (unpaired) electrons. The third-order valence-electron chi connectivity index (χ3n) is 23.3. The van der Waals surface area contributed by atoms with Crippen LogP contribution in [0.15, 0.2) is 118 Å². The Morgan fingerprint density at radius 2 is 0.511 bits per heavy atom. The molecule has 4 atom stereocenters. The number of ether oxygens (including phenoxy) is 8. The van der Waals surface area contributed by atoms with Crippen LogP contribution in [0.5, 0.6) is 46.0 Å². The zero-order valence-corrected chi connectivity index (χ0v) is 87.3. The van der Waals surface area contributed by atoms with Crippen molar-refractivity contribution in [3.8, 4) is 88.3 Å². The van der Waals surface area contributed by atoms with E-state index in [0.29, 0.717) is 87.8 Å². The number of anilines is 7. The van der Waals surface area contributed by atoms with Crippen molar-refractivity contribution >= 4 is 133 Å². The lowest BCUT2D eigenvalue weighted by molar-refractivity contribution is 0.133. The van der Waals surface area contributed by atoms with E-state index in [1.165, 1.54) is 98.0 Å². The molecule has 4 aromatic carbocycles. The number of benzene rings is 4. The average molecular weight is 2020 g/mol. The van der Waals surface area contributed by atoms with Gasteiger partial charge in [0, 0.05) is 124 Å². The minimum Gasteiger partial charge on any atom is -0.493 e. The Morgan fingerprint density at radius 1 is 0.285 bits per heavy atom. The number of aryl methyl sites for hydroxylation is 5. The Balaban J connectivity index is 0.000000154. The van der Waals surface area contributed by atoms with E-state index < -0.39 is 0 Å². The molecule has 0 aliphatic carbocycles. The molecule has 12 aromatic rings. The summed E-state index contributed by atoms with van der Waals surface area (Å²) >= 11 is 12.7. The van der Waals surface area contributed by atoms with Gasteiger partial charge in [-0.1, -0.05) is 66.3 Å². The summed E-state index contributed by atoms with van der Waals surface area (Å²) in [7, 11) is 8.84. The smallest absolute Gasteiger partial charge is 0.192 e. The summed E-state index contributed by atoms with van der Waals surface area (Å²) in [6.07, 6.45) is 11.7. The number of methoxy groups -OCH3 is 4. The molecular formula is C97H130N24O8S8. The molecule has 0 spiro atoms. The Bertz CT molecular complexity index is 5410. The normalized spacial score (nSPS) is 15.4. The van der Waals surface area contributed by atoms with Gasteiger partial charge in [-0.05, 0) is 220 Å². The highest BCUT2D eigenvalue weighted by Gasteiger charge is 2.27. The summed E-state index contributed by atoms with van der Waals surface area (Å²) in [6.45, 7) is 36.2. The van der Waals surface area contributed by atoms with Crippen molar-refractivity contribution in [1.82, 2.24) is 84.3 Å². The minimum atomic E-state index is 0.0405. The summed E-state index contributed by atoms with van der Waals surface area (Å²) in [5.74, 6) is 8.60. The number of aromatic nitrogens is 12. The molecule has 32 nitrogen and oxygen atoms in total. The lowest BCUT2D eigenvalue weighted by atomic mass is 10.1. The number of hydrogen-bond donors (Lipinski definition) is 7. The van der Waals surface area contributed by atoms with Gasteiger partial charge in [-0.25, -0.2) is 59.8 Å². The molecule has 40 heteroatoms. The Labute approximate surface area is 837 Å². The fraction of sp³-hybridized carbons (Fsp3) is 0.464. The first-order valence-electron chi connectivity index (χ1n) is 46.3. The molecule has 4 fully saturated rings. The van der Waals surface area contributed by atoms with Gasteiger partial charge < -0.3 is 82.9 Å². The highest BCUT2D eigenvalue weighted by molar-refractivity contribution is 8.00. The SMILES string of the molecule is COc1ccc(-c2nc([C@H](C)Sc3nc(C)cc(N)n3)c(C)s2)cc1OCCN1CCCCC1.COc1ccc(-c2nc([C@H](C)Sc3nc(N)cc(N)n3)c(C)s2)cc1OCCN1CCCCC1.COc1ccc(-c2nc([C@H](C)Sc3nc(N)cc(N)n3)c(C)s2)cc1OCCN1CCCCC1.COc1ccc(-c2nc([C@H](C)Sc3nc(N)cc(N)n3)c(C)s2)cc1OCCN1CCN(C)CC1. The maximum absolute atomic E-state index is 6.16. The van der Waals surface area contributed by atoms with E-state index in [9.17, 15) is 0 Å².